The molecular weight excluding hydrogens is 1350 g/mol. The molecule has 0 spiro atoms. The Balaban J connectivity index is 0.884. The van der Waals surface area contributed by atoms with Gasteiger partial charge >= 0.3 is 12.1 Å². The molecule has 558 valence electrons. The van der Waals surface area contributed by atoms with Crippen molar-refractivity contribution in [1.82, 2.24) is 41.0 Å². The van der Waals surface area contributed by atoms with E-state index >= 15 is 13.2 Å². The van der Waals surface area contributed by atoms with Gasteiger partial charge in [-0.3, -0.25) is 43.3 Å². The van der Waals surface area contributed by atoms with Crippen LogP contribution in [0.5, 0.6) is 0 Å². The number of fused-ring (bicyclic) bond motifs is 5. The number of benzene rings is 2. The highest BCUT2D eigenvalue weighted by atomic mass is 19.3. The number of anilines is 1. The fourth-order valence-corrected chi connectivity index (χ4v) is 12.0. The van der Waals surface area contributed by atoms with Gasteiger partial charge < -0.3 is 88.9 Å². The molecule has 6 atom stereocenters. The van der Waals surface area contributed by atoms with Crippen LogP contribution in [0.25, 0.3) is 22.3 Å². The van der Waals surface area contributed by atoms with Crippen LogP contribution in [0.15, 0.2) is 41.2 Å². The molecule has 1 fully saturated rings. The topological polar surface area (TPSA) is 376 Å². The first-order chi connectivity index (χ1) is 48.6. The van der Waals surface area contributed by atoms with Gasteiger partial charge in [-0.05, 0) is 81.8 Å². The van der Waals surface area contributed by atoms with E-state index in [1.165, 1.54) is 61.7 Å². The van der Waals surface area contributed by atoms with Crippen molar-refractivity contribution >= 4 is 70.0 Å². The van der Waals surface area contributed by atoms with Crippen molar-refractivity contribution in [1.29, 1.82) is 0 Å². The Morgan fingerprint density at radius 3 is 1.91 bits per heavy atom. The van der Waals surface area contributed by atoms with E-state index in [1.54, 1.807) is 27.9 Å². The number of aliphatic hydroxyl groups is 1. The third-order valence-corrected chi connectivity index (χ3v) is 17.9. The third-order valence-electron chi connectivity index (χ3n) is 17.9. The second-order valence-corrected chi connectivity index (χ2v) is 25.7. The summed E-state index contributed by atoms with van der Waals surface area (Å²) in [5.74, 6) is -6.86. The van der Waals surface area contributed by atoms with Gasteiger partial charge in [0.05, 0.1) is 140 Å². The molecule has 4 aliphatic rings. The Hall–Kier alpha value is -8.54. The lowest BCUT2D eigenvalue weighted by molar-refractivity contribution is -0.172. The minimum atomic E-state index is -3.63. The summed E-state index contributed by atoms with van der Waals surface area (Å²) >= 11 is 0. The second-order valence-electron chi connectivity index (χ2n) is 25.7. The number of esters is 1. The molecule has 102 heavy (non-hydrogen) atoms. The number of methoxy groups -OCH3 is 1. The fraction of sp³-hybridized carbons (Fsp3) is 0.580. The van der Waals surface area contributed by atoms with E-state index in [0.29, 0.717) is 88.1 Å². The number of carbonyl (C=O) groups is 9. The van der Waals surface area contributed by atoms with Crippen LogP contribution in [0, 0.1) is 18.2 Å². The van der Waals surface area contributed by atoms with Crippen LogP contribution in [0.1, 0.15) is 118 Å². The number of alkyl carbamates (subject to hydrolysis) is 1. The smallest absolute Gasteiger partial charge is 0.409 e. The number of cyclic esters (lactones) is 1. The highest BCUT2D eigenvalue weighted by molar-refractivity contribution is 6.06. The van der Waals surface area contributed by atoms with Gasteiger partial charge in [0.25, 0.3) is 23.8 Å². The molecule has 5 heterocycles. The monoisotopic (exact) mass is 1440 g/mol. The number of likely N-dealkylation sites (tertiary alicyclic amines) is 1. The van der Waals surface area contributed by atoms with Crippen LogP contribution in [0.4, 0.5) is 23.7 Å². The standard InChI is InChI=1S/C69H90F3N9O21/c1-9-69(92)47-34-51-56-45(37-81(51)61(87)46(47)38-101-65(69)90)55-49(15-14-44-39(2)48(70)35-50(77-56)54(44)55)78-63(88)68(7,62(71)72)79-66(91)102-57(60(86)73-17-19-94-22-23-96-26-27-98-30-31-100-33-32-99-29-28-97-25-24-95-21-20-93-8)42-10-12-43(13-11-42)76-59(85)41(4)75-58(84)40(3)74-52(82)16-18-80-53(83)36-67(5,6)64(80)89/h10-13,34-35,40-41,49,57,62,92H,9,14-33,36-38H2,1-8H3,(H,73,86)(H,74,82)(H,75,84)(H,76,85)(H,78,88)(H,79,91)/t40-,41-,49-,57?,68?,69-/m0/s1. The number of hydrogen-bond donors (Lipinski definition) is 7. The molecule has 33 heteroatoms. The highest BCUT2D eigenvalue weighted by Gasteiger charge is 2.49. The number of hydrogen-bond acceptors (Lipinski definition) is 22. The predicted octanol–water partition coefficient (Wildman–Crippen LogP) is 3.12. The molecule has 2 aromatic heterocycles. The van der Waals surface area contributed by atoms with Crippen molar-refractivity contribution in [2.45, 2.75) is 136 Å². The van der Waals surface area contributed by atoms with Crippen molar-refractivity contribution in [3.63, 3.8) is 0 Å². The van der Waals surface area contributed by atoms with Crippen LogP contribution in [-0.4, -0.2) is 216 Å². The number of nitrogens with zero attached hydrogens (tertiary/aromatic N) is 3. The molecule has 2 unspecified atom stereocenters. The van der Waals surface area contributed by atoms with Crippen molar-refractivity contribution < 1.29 is 109 Å². The zero-order valence-corrected chi connectivity index (χ0v) is 58.4. The van der Waals surface area contributed by atoms with Crippen LogP contribution in [-0.2, 0) is 111 Å². The molecular formula is C69H90F3N9O21. The zero-order chi connectivity index (χ0) is 74.1. The summed E-state index contributed by atoms with van der Waals surface area (Å²) in [7, 11) is 1.60. The summed E-state index contributed by atoms with van der Waals surface area (Å²) in [4.78, 5) is 140. The first-order valence-electron chi connectivity index (χ1n) is 33.7. The van der Waals surface area contributed by atoms with Crippen LogP contribution in [0.3, 0.4) is 0 Å². The molecule has 0 radical (unpaired) electrons. The van der Waals surface area contributed by atoms with Gasteiger partial charge in [0.1, 0.15) is 24.5 Å². The number of carbonyl (C=O) groups excluding carboxylic acids is 9. The quantitative estimate of drug-likeness (QED) is 0.0168. The Labute approximate surface area is 586 Å². The number of halogens is 3. The summed E-state index contributed by atoms with van der Waals surface area (Å²) in [5, 5.41) is 26.7. The summed E-state index contributed by atoms with van der Waals surface area (Å²) in [6, 6.07) is 4.36. The first kappa shape index (κ1) is 79.2. The Morgan fingerprint density at radius 1 is 0.775 bits per heavy atom. The number of ether oxygens (including phenoxy) is 10. The SMILES string of the molecule is CC[C@@]1(O)C(=O)OCc2c1cc1n(c2=O)Cc2c-1nc1cc(F)c(C)c3c1c2[C@@H](NC(=O)C(C)(NC(=O)OC(C(=O)NCCOCCOCCOCCOCCOCCOCCOCCOC)c1ccc(NC(=O)[C@H](C)NC(=O)[C@H](C)NC(=O)CCN2C(=O)CC(C)(C)C2=O)cc1)C(F)F)CC3. The lowest BCUT2D eigenvalue weighted by Gasteiger charge is -2.34. The summed E-state index contributed by atoms with van der Waals surface area (Å²) < 4.78 is 102. The molecule has 8 amide bonds. The molecule has 1 aliphatic carbocycles. The maximum absolute atomic E-state index is 15.7. The van der Waals surface area contributed by atoms with Gasteiger partial charge in [-0.15, -0.1) is 0 Å². The normalized spacial score (nSPS) is 18.0. The maximum atomic E-state index is 15.7. The van der Waals surface area contributed by atoms with Crippen molar-refractivity contribution in [2.75, 3.05) is 125 Å². The average Bonchev–Trinajstić information content (AvgIpc) is 1.51. The molecule has 7 N–H and O–H groups in total. The maximum Gasteiger partial charge on any atom is 0.409 e. The number of alkyl halides is 2. The summed E-state index contributed by atoms with van der Waals surface area (Å²) in [6.07, 6.45) is -7.45. The lowest BCUT2D eigenvalue weighted by Crippen LogP contribution is -2.62. The van der Waals surface area contributed by atoms with Gasteiger partial charge in [0.2, 0.25) is 35.6 Å². The predicted molar refractivity (Wildman–Crippen MR) is 356 cm³/mol. The average molecular weight is 1440 g/mol. The molecule has 2 aromatic carbocycles. The number of aromatic nitrogens is 2. The Kier molecular flexibility index (Phi) is 28.0. The second kappa shape index (κ2) is 36.1. The molecule has 4 aromatic rings. The number of aryl methyl sites for hydroxylation is 1. The van der Waals surface area contributed by atoms with E-state index in [9.17, 15) is 53.1 Å². The molecule has 1 saturated heterocycles. The molecule has 0 bridgehead atoms. The van der Waals surface area contributed by atoms with Crippen LogP contribution in [0.2, 0.25) is 0 Å². The van der Waals surface area contributed by atoms with Crippen molar-refractivity contribution in [2.24, 2.45) is 5.41 Å². The van der Waals surface area contributed by atoms with E-state index < -0.39 is 119 Å². The van der Waals surface area contributed by atoms with Crippen LogP contribution < -0.4 is 37.5 Å². The van der Waals surface area contributed by atoms with E-state index in [2.05, 4.69) is 26.6 Å². The third kappa shape index (κ3) is 19.2. The molecule has 30 nitrogen and oxygen atoms in total. The summed E-state index contributed by atoms with van der Waals surface area (Å²) in [5.41, 5.74) is -4.75. The van der Waals surface area contributed by atoms with Gasteiger partial charge in [-0.25, -0.2) is 27.7 Å². The number of pyridine rings is 2. The minimum absolute atomic E-state index is 0.00383. The first-order valence-corrected chi connectivity index (χ1v) is 33.7. The van der Waals surface area contributed by atoms with E-state index in [1.807, 2.05) is 5.32 Å². The van der Waals surface area contributed by atoms with Crippen molar-refractivity contribution in [3.05, 3.63) is 91.5 Å². The van der Waals surface area contributed by atoms with Gasteiger partial charge in [0, 0.05) is 66.9 Å². The van der Waals surface area contributed by atoms with E-state index in [-0.39, 0.29) is 130 Å². The number of nitrogens with one attached hydrogen (secondary N) is 6. The molecule has 0 saturated carbocycles. The van der Waals surface area contributed by atoms with E-state index in [0.717, 1.165) is 11.8 Å². The van der Waals surface area contributed by atoms with E-state index in [4.69, 9.17) is 52.4 Å². The fourth-order valence-electron chi connectivity index (χ4n) is 12.0. The van der Waals surface area contributed by atoms with Gasteiger partial charge in [0.15, 0.2) is 11.1 Å². The lowest BCUT2D eigenvalue weighted by atomic mass is 9.81. The largest absolute Gasteiger partial charge is 0.458 e. The Bertz CT molecular complexity index is 3790. The number of amides is 8. The Morgan fingerprint density at radius 2 is 1.35 bits per heavy atom. The molecule has 3 aliphatic heterocycles. The molecule has 8 rings (SSSR count). The summed E-state index contributed by atoms with van der Waals surface area (Å²) in [6.45, 7) is 13.8. The number of rotatable bonds is 40. The zero-order valence-electron chi connectivity index (χ0n) is 58.4. The van der Waals surface area contributed by atoms with Gasteiger partial charge in [-0.2, -0.15) is 0 Å². The number of imide groups is 1. The minimum Gasteiger partial charge on any atom is -0.458 e. The highest BCUT2D eigenvalue weighted by Crippen LogP contribution is 2.46. The van der Waals surface area contributed by atoms with Crippen LogP contribution >= 0.6 is 0 Å². The van der Waals surface area contributed by atoms with Gasteiger partial charge in [-0.1, -0.05) is 32.9 Å². The van der Waals surface area contributed by atoms with Crippen molar-refractivity contribution in [3.8, 4) is 11.4 Å².